The Morgan fingerprint density at radius 2 is 1.15 bits per heavy atom. The van der Waals surface area contributed by atoms with E-state index in [2.05, 4.69) is 0 Å². The Labute approximate surface area is 132 Å². The molecule has 1 aromatic carbocycles. The number of hydrogen-bond donors (Lipinski definition) is 0. The maximum absolute atomic E-state index is 13.6. The Balaban J connectivity index is 2.17. The first kappa shape index (κ1) is 14.0. The summed E-state index contributed by atoms with van der Waals surface area (Å²) in [5.74, 6) is -0.689. The van der Waals surface area contributed by atoms with Crippen LogP contribution in [0.3, 0.4) is 0 Å². The molecule has 3 rings (SSSR count). The molecule has 102 valence electrons. The van der Waals surface area contributed by atoms with Crippen molar-refractivity contribution < 1.29 is 8.78 Å². The standard InChI is InChI=1S/C14H6Cl2F2S2/c15-9-6-8(14-12(18)2-4-20-14)10(16)5-7(9)13-11(17)1-3-19-13/h1-6H. The maximum atomic E-state index is 13.6. The molecule has 0 spiro atoms. The molecule has 2 heterocycles. The average molecular weight is 347 g/mol. The van der Waals surface area contributed by atoms with Gasteiger partial charge in [0.15, 0.2) is 0 Å². The fourth-order valence-electron chi connectivity index (χ4n) is 1.87. The lowest BCUT2D eigenvalue weighted by molar-refractivity contribution is 0.635. The van der Waals surface area contributed by atoms with Gasteiger partial charge in [-0.25, -0.2) is 8.78 Å². The molecule has 0 aliphatic heterocycles. The van der Waals surface area contributed by atoms with E-state index in [-0.39, 0.29) is 11.6 Å². The molecular weight excluding hydrogens is 341 g/mol. The van der Waals surface area contributed by atoms with Crippen molar-refractivity contribution in [3.63, 3.8) is 0 Å². The van der Waals surface area contributed by atoms with E-state index < -0.39 is 0 Å². The van der Waals surface area contributed by atoms with Crippen LogP contribution in [-0.4, -0.2) is 0 Å². The van der Waals surface area contributed by atoms with Gasteiger partial charge in [0.25, 0.3) is 0 Å². The molecule has 3 aromatic rings. The van der Waals surface area contributed by atoms with Gasteiger partial charge in [0, 0.05) is 11.1 Å². The largest absolute Gasteiger partial charge is 0.205 e. The molecule has 0 N–H and O–H groups in total. The summed E-state index contributed by atoms with van der Waals surface area (Å²) < 4.78 is 27.3. The zero-order valence-corrected chi connectivity index (χ0v) is 12.9. The Kier molecular flexibility index (Phi) is 3.82. The lowest BCUT2D eigenvalue weighted by Crippen LogP contribution is -1.84. The van der Waals surface area contributed by atoms with Gasteiger partial charge in [-0.1, -0.05) is 23.2 Å². The van der Waals surface area contributed by atoms with Crippen LogP contribution in [0.5, 0.6) is 0 Å². The molecule has 0 fully saturated rings. The van der Waals surface area contributed by atoms with Crippen LogP contribution in [-0.2, 0) is 0 Å². The van der Waals surface area contributed by atoms with Crippen molar-refractivity contribution in [2.75, 3.05) is 0 Å². The lowest BCUT2D eigenvalue weighted by Gasteiger charge is -2.08. The Morgan fingerprint density at radius 3 is 1.45 bits per heavy atom. The first-order valence-electron chi connectivity index (χ1n) is 5.53. The van der Waals surface area contributed by atoms with Gasteiger partial charge in [-0.3, -0.25) is 0 Å². The second kappa shape index (κ2) is 5.45. The number of rotatable bonds is 2. The average Bonchev–Trinajstić information content (AvgIpc) is 3.01. The minimum atomic E-state index is -0.344. The molecule has 6 heteroatoms. The van der Waals surface area contributed by atoms with Crippen LogP contribution < -0.4 is 0 Å². The zero-order chi connectivity index (χ0) is 14.3. The molecule has 0 unspecified atom stereocenters. The maximum Gasteiger partial charge on any atom is 0.141 e. The van der Waals surface area contributed by atoms with Crippen LogP contribution in [0.2, 0.25) is 10.0 Å². The van der Waals surface area contributed by atoms with Crippen molar-refractivity contribution in [1.82, 2.24) is 0 Å². The van der Waals surface area contributed by atoms with E-state index in [4.69, 9.17) is 23.2 Å². The van der Waals surface area contributed by atoms with Gasteiger partial charge < -0.3 is 0 Å². The molecular formula is C14H6Cl2F2S2. The SMILES string of the molecule is Fc1ccsc1-c1cc(Cl)c(-c2sccc2F)cc1Cl. The smallest absolute Gasteiger partial charge is 0.141 e. The van der Waals surface area contributed by atoms with Gasteiger partial charge in [-0.15, -0.1) is 22.7 Å². The van der Waals surface area contributed by atoms with Crippen LogP contribution >= 0.6 is 45.9 Å². The van der Waals surface area contributed by atoms with Crippen LogP contribution in [0.1, 0.15) is 0 Å². The van der Waals surface area contributed by atoms with Crippen molar-refractivity contribution in [2.45, 2.75) is 0 Å². The highest BCUT2D eigenvalue weighted by Gasteiger charge is 2.17. The highest BCUT2D eigenvalue weighted by atomic mass is 35.5. The highest BCUT2D eigenvalue weighted by Crippen LogP contribution is 2.42. The number of hydrogen-bond acceptors (Lipinski definition) is 2. The van der Waals surface area contributed by atoms with E-state index in [0.717, 1.165) is 0 Å². The minimum absolute atomic E-state index is 0.344. The van der Waals surface area contributed by atoms with Crippen LogP contribution in [0, 0.1) is 11.6 Å². The summed E-state index contributed by atoms with van der Waals surface area (Å²) in [7, 11) is 0. The van der Waals surface area contributed by atoms with E-state index in [1.54, 1.807) is 22.9 Å². The molecule has 0 bridgehead atoms. The lowest BCUT2D eigenvalue weighted by atomic mass is 10.1. The normalized spacial score (nSPS) is 11.0. The summed E-state index contributed by atoms with van der Waals surface area (Å²) >= 11 is 14.9. The zero-order valence-electron chi connectivity index (χ0n) is 9.79. The Hall–Kier alpha value is -0.940. The molecule has 0 amide bonds. The van der Waals surface area contributed by atoms with E-state index in [1.807, 2.05) is 0 Å². The summed E-state index contributed by atoms with van der Waals surface area (Å²) in [6.07, 6.45) is 0. The third-order valence-electron chi connectivity index (χ3n) is 2.78. The first-order chi connectivity index (χ1) is 9.58. The fraction of sp³-hybridized carbons (Fsp3) is 0. The molecule has 0 aliphatic rings. The molecule has 2 aromatic heterocycles. The van der Waals surface area contributed by atoms with Crippen molar-refractivity contribution in [1.29, 1.82) is 0 Å². The predicted molar refractivity (Wildman–Crippen MR) is 83.0 cm³/mol. The van der Waals surface area contributed by atoms with E-state index in [9.17, 15) is 8.78 Å². The fourth-order valence-corrected chi connectivity index (χ4v) is 4.10. The van der Waals surface area contributed by atoms with Crippen LogP contribution in [0.4, 0.5) is 8.78 Å². The molecule has 0 nitrogen and oxygen atoms in total. The third-order valence-corrected chi connectivity index (χ3v) is 5.25. The van der Waals surface area contributed by atoms with Crippen molar-refractivity contribution in [3.05, 3.63) is 56.7 Å². The Bertz CT molecular complexity index is 711. The second-order valence-corrected chi connectivity index (χ2v) is 6.65. The number of thiophene rings is 2. The summed E-state index contributed by atoms with van der Waals surface area (Å²) in [6, 6.07) is 5.90. The van der Waals surface area contributed by atoms with Gasteiger partial charge in [0.2, 0.25) is 0 Å². The summed E-state index contributed by atoms with van der Waals surface area (Å²) in [4.78, 5) is 0.852. The van der Waals surface area contributed by atoms with Crippen molar-refractivity contribution in [2.24, 2.45) is 0 Å². The molecule has 20 heavy (non-hydrogen) atoms. The molecule has 0 radical (unpaired) electrons. The number of benzene rings is 1. The van der Waals surface area contributed by atoms with Crippen LogP contribution in [0.25, 0.3) is 20.9 Å². The van der Waals surface area contributed by atoms with Gasteiger partial charge in [-0.05, 0) is 35.0 Å². The molecule has 0 saturated heterocycles. The summed E-state index contributed by atoms with van der Waals surface area (Å²) in [5.41, 5.74) is 1.04. The van der Waals surface area contributed by atoms with E-state index >= 15 is 0 Å². The molecule has 0 saturated carbocycles. The quantitative estimate of drug-likeness (QED) is 0.482. The number of halogens is 4. The Morgan fingerprint density at radius 1 is 0.750 bits per heavy atom. The molecule has 0 aliphatic carbocycles. The molecule has 0 atom stereocenters. The first-order valence-corrected chi connectivity index (χ1v) is 8.05. The monoisotopic (exact) mass is 346 g/mol. The van der Waals surface area contributed by atoms with Crippen molar-refractivity contribution >= 4 is 45.9 Å². The minimum Gasteiger partial charge on any atom is -0.205 e. The van der Waals surface area contributed by atoms with E-state index in [1.165, 1.54) is 34.8 Å². The third kappa shape index (κ3) is 2.37. The van der Waals surface area contributed by atoms with Gasteiger partial charge >= 0.3 is 0 Å². The van der Waals surface area contributed by atoms with E-state index in [0.29, 0.717) is 30.9 Å². The van der Waals surface area contributed by atoms with Gasteiger partial charge in [0.05, 0.1) is 19.8 Å². The van der Waals surface area contributed by atoms with Crippen molar-refractivity contribution in [3.8, 4) is 20.9 Å². The predicted octanol–water partition coefficient (Wildman–Crippen LogP) is 6.73. The highest BCUT2D eigenvalue weighted by molar-refractivity contribution is 7.14. The van der Waals surface area contributed by atoms with Crippen LogP contribution in [0.15, 0.2) is 35.0 Å². The topological polar surface area (TPSA) is 0 Å². The van der Waals surface area contributed by atoms with Gasteiger partial charge in [-0.2, -0.15) is 0 Å². The summed E-state index contributed by atoms with van der Waals surface area (Å²) in [5, 5.41) is 3.97. The second-order valence-electron chi connectivity index (χ2n) is 4.01. The summed E-state index contributed by atoms with van der Waals surface area (Å²) in [6.45, 7) is 0. The van der Waals surface area contributed by atoms with Gasteiger partial charge in [0.1, 0.15) is 11.6 Å².